The molecule has 0 radical (unpaired) electrons. The maximum absolute atomic E-state index is 12.5. The van der Waals surface area contributed by atoms with Crippen LogP contribution < -0.4 is 0 Å². The van der Waals surface area contributed by atoms with Crippen LogP contribution in [0, 0.1) is 6.92 Å². The van der Waals surface area contributed by atoms with Crippen molar-refractivity contribution in [3.05, 3.63) is 29.8 Å². The van der Waals surface area contributed by atoms with Gasteiger partial charge in [0.05, 0.1) is 17.5 Å². The lowest BCUT2D eigenvalue weighted by molar-refractivity contribution is -0.0457. The molecule has 0 bridgehead atoms. The molecule has 1 amide bonds. The zero-order valence-electron chi connectivity index (χ0n) is 15.9. The molecule has 0 spiro atoms. The average Bonchev–Trinajstić information content (AvgIpc) is 2.95. The molecule has 1 saturated heterocycles. The third kappa shape index (κ3) is 5.18. The van der Waals surface area contributed by atoms with Crippen molar-refractivity contribution in [1.29, 1.82) is 0 Å². The Kier molecular flexibility index (Phi) is 6.31. The van der Waals surface area contributed by atoms with Gasteiger partial charge in [-0.1, -0.05) is 17.7 Å². The predicted molar refractivity (Wildman–Crippen MR) is 96.2 cm³/mol. The fraction of sp³-hybridized carbons (Fsp3) is 0.611. The van der Waals surface area contributed by atoms with E-state index < -0.39 is 34.1 Å². The van der Waals surface area contributed by atoms with Crippen LogP contribution in [0.2, 0.25) is 0 Å². The summed E-state index contributed by atoms with van der Waals surface area (Å²) >= 11 is 0. The first-order valence-corrected chi connectivity index (χ1v) is 9.94. The highest BCUT2D eigenvalue weighted by Gasteiger charge is 2.40. The van der Waals surface area contributed by atoms with Crippen LogP contribution in [0.25, 0.3) is 0 Å². The molecular weight excluding hydrogens is 358 g/mol. The minimum atomic E-state index is -3.89. The number of aryl methyl sites for hydroxylation is 1. The summed E-state index contributed by atoms with van der Waals surface area (Å²) in [6, 6.07) is 5.99. The van der Waals surface area contributed by atoms with Gasteiger partial charge in [0, 0.05) is 7.11 Å². The SMILES string of the molecule is CO[C@H]1CC[C@@H](COS(=O)(=O)c2ccc(C)cc2)N1C(=O)OC(C)(C)C. The molecule has 1 heterocycles. The van der Waals surface area contributed by atoms with Gasteiger partial charge in [0.25, 0.3) is 10.1 Å². The summed E-state index contributed by atoms with van der Waals surface area (Å²) in [6.45, 7) is 7.05. The Morgan fingerprint density at radius 2 is 1.81 bits per heavy atom. The number of hydrogen-bond acceptors (Lipinski definition) is 6. The lowest BCUT2D eigenvalue weighted by Gasteiger charge is -2.31. The number of rotatable bonds is 5. The first-order chi connectivity index (χ1) is 12.0. The number of hydrogen-bond donors (Lipinski definition) is 0. The molecule has 0 unspecified atom stereocenters. The summed E-state index contributed by atoms with van der Waals surface area (Å²) in [5, 5.41) is 0. The number of nitrogens with zero attached hydrogens (tertiary/aromatic N) is 1. The highest BCUT2D eigenvalue weighted by molar-refractivity contribution is 7.86. The van der Waals surface area contributed by atoms with Gasteiger partial charge in [0.15, 0.2) is 0 Å². The van der Waals surface area contributed by atoms with E-state index in [0.29, 0.717) is 12.8 Å². The molecule has 0 aromatic heterocycles. The second-order valence-electron chi connectivity index (χ2n) is 7.36. The highest BCUT2D eigenvalue weighted by atomic mass is 32.2. The third-order valence-corrected chi connectivity index (χ3v) is 5.35. The molecule has 2 rings (SSSR count). The molecule has 0 saturated carbocycles. The van der Waals surface area contributed by atoms with Gasteiger partial charge < -0.3 is 9.47 Å². The first kappa shape index (κ1) is 20.7. The number of methoxy groups -OCH3 is 1. The van der Waals surface area contributed by atoms with Gasteiger partial charge in [-0.05, 0) is 52.7 Å². The van der Waals surface area contributed by atoms with E-state index in [-0.39, 0.29) is 11.5 Å². The molecule has 26 heavy (non-hydrogen) atoms. The monoisotopic (exact) mass is 385 g/mol. The highest BCUT2D eigenvalue weighted by Crippen LogP contribution is 2.28. The summed E-state index contributed by atoms with van der Waals surface area (Å²) in [4.78, 5) is 14.0. The Hall–Kier alpha value is -1.64. The quantitative estimate of drug-likeness (QED) is 0.725. The topological polar surface area (TPSA) is 82.1 Å². The normalized spacial score (nSPS) is 21.0. The number of ether oxygens (including phenoxy) is 2. The standard InChI is InChI=1S/C18H27NO6S/c1-13-6-9-15(10-7-13)26(21,22)24-12-14-8-11-16(23-5)19(14)17(20)25-18(2,3)4/h6-7,9-10,14,16H,8,11-12H2,1-5H3/t14-,16-/m0/s1. The lowest BCUT2D eigenvalue weighted by Crippen LogP contribution is -2.46. The van der Waals surface area contributed by atoms with Crippen molar-refractivity contribution in [3.63, 3.8) is 0 Å². The molecule has 1 aromatic rings. The fourth-order valence-electron chi connectivity index (χ4n) is 2.77. The van der Waals surface area contributed by atoms with E-state index in [1.54, 1.807) is 32.9 Å². The van der Waals surface area contributed by atoms with E-state index in [0.717, 1.165) is 5.56 Å². The van der Waals surface area contributed by atoms with Gasteiger partial charge in [-0.2, -0.15) is 8.42 Å². The molecule has 8 heteroatoms. The van der Waals surface area contributed by atoms with E-state index in [1.807, 2.05) is 6.92 Å². The maximum atomic E-state index is 12.5. The van der Waals surface area contributed by atoms with Crippen LogP contribution in [0.4, 0.5) is 4.79 Å². The van der Waals surface area contributed by atoms with Gasteiger partial charge in [0.1, 0.15) is 11.8 Å². The summed E-state index contributed by atoms with van der Waals surface area (Å²) in [5.74, 6) is 0. The molecule has 1 fully saturated rings. The van der Waals surface area contributed by atoms with Gasteiger partial charge >= 0.3 is 6.09 Å². The number of carbonyl (C=O) groups excluding carboxylic acids is 1. The van der Waals surface area contributed by atoms with Crippen molar-refractivity contribution in [1.82, 2.24) is 4.90 Å². The Morgan fingerprint density at radius 1 is 1.19 bits per heavy atom. The Bertz CT molecular complexity index is 723. The number of amides is 1. The smallest absolute Gasteiger partial charge is 0.412 e. The molecule has 0 aliphatic carbocycles. The van der Waals surface area contributed by atoms with Crippen molar-refractivity contribution in [2.45, 2.75) is 63.3 Å². The predicted octanol–water partition coefficient (Wildman–Crippen LogP) is 3.07. The molecule has 146 valence electrons. The van der Waals surface area contributed by atoms with Crippen molar-refractivity contribution >= 4 is 16.2 Å². The molecule has 1 aliphatic rings. The second kappa shape index (κ2) is 7.94. The summed E-state index contributed by atoms with van der Waals surface area (Å²) in [7, 11) is -2.38. The third-order valence-electron chi connectivity index (χ3n) is 4.05. The van der Waals surface area contributed by atoms with E-state index in [4.69, 9.17) is 13.7 Å². The Balaban J connectivity index is 2.09. The van der Waals surface area contributed by atoms with Crippen LogP contribution in [0.15, 0.2) is 29.2 Å². The molecule has 1 aliphatic heterocycles. The zero-order valence-corrected chi connectivity index (χ0v) is 16.7. The van der Waals surface area contributed by atoms with Crippen molar-refractivity contribution in [2.24, 2.45) is 0 Å². The van der Waals surface area contributed by atoms with Crippen molar-refractivity contribution < 1.29 is 26.9 Å². The van der Waals surface area contributed by atoms with Gasteiger partial charge in [-0.15, -0.1) is 0 Å². The number of likely N-dealkylation sites (tertiary alicyclic amines) is 1. The molecule has 7 nitrogen and oxygen atoms in total. The van der Waals surface area contributed by atoms with Crippen LogP contribution in [0.1, 0.15) is 39.2 Å². The van der Waals surface area contributed by atoms with Gasteiger partial charge in [-0.25, -0.2) is 4.79 Å². The van der Waals surface area contributed by atoms with Crippen LogP contribution in [-0.4, -0.2) is 51.0 Å². The van der Waals surface area contributed by atoms with Crippen LogP contribution in [0.5, 0.6) is 0 Å². The van der Waals surface area contributed by atoms with E-state index >= 15 is 0 Å². The molecular formula is C18H27NO6S. The fourth-order valence-corrected chi connectivity index (χ4v) is 3.71. The molecule has 1 aromatic carbocycles. The zero-order chi connectivity index (χ0) is 19.5. The second-order valence-corrected chi connectivity index (χ2v) is 8.98. The number of carbonyl (C=O) groups is 1. The van der Waals surface area contributed by atoms with Crippen molar-refractivity contribution in [2.75, 3.05) is 13.7 Å². The van der Waals surface area contributed by atoms with E-state index in [2.05, 4.69) is 0 Å². The average molecular weight is 385 g/mol. The van der Waals surface area contributed by atoms with E-state index in [9.17, 15) is 13.2 Å². The Morgan fingerprint density at radius 3 is 2.35 bits per heavy atom. The van der Waals surface area contributed by atoms with Crippen LogP contribution in [-0.2, 0) is 23.8 Å². The summed E-state index contributed by atoms with van der Waals surface area (Å²) in [5.41, 5.74) is 0.302. The van der Waals surface area contributed by atoms with Gasteiger partial charge in [0.2, 0.25) is 0 Å². The van der Waals surface area contributed by atoms with Crippen LogP contribution >= 0.6 is 0 Å². The van der Waals surface area contributed by atoms with E-state index in [1.165, 1.54) is 24.1 Å². The van der Waals surface area contributed by atoms with Crippen molar-refractivity contribution in [3.8, 4) is 0 Å². The Labute approximate surface area is 155 Å². The maximum Gasteiger partial charge on any atom is 0.412 e. The minimum absolute atomic E-state index is 0.0909. The summed E-state index contributed by atoms with van der Waals surface area (Å²) < 4.78 is 40.7. The van der Waals surface area contributed by atoms with Gasteiger partial charge in [-0.3, -0.25) is 9.08 Å². The lowest BCUT2D eigenvalue weighted by atomic mass is 10.2. The first-order valence-electron chi connectivity index (χ1n) is 8.54. The molecule has 0 N–H and O–H groups in total. The largest absolute Gasteiger partial charge is 0.444 e. The summed E-state index contributed by atoms with van der Waals surface area (Å²) in [6.07, 6.45) is 0.166. The minimum Gasteiger partial charge on any atom is -0.444 e. The molecule has 2 atom stereocenters. The number of benzene rings is 1. The van der Waals surface area contributed by atoms with Crippen LogP contribution in [0.3, 0.4) is 0 Å².